The van der Waals surface area contributed by atoms with Crippen molar-refractivity contribution in [1.29, 1.82) is 0 Å². The Hall–Kier alpha value is -0.180. The average Bonchev–Trinajstić information content (AvgIpc) is 2.03. The SMILES string of the molecule is CNCC(C)(C)C1CCC(F)(F)CC1. The Balaban J connectivity index is 2.48. The van der Waals surface area contributed by atoms with Crippen molar-refractivity contribution < 1.29 is 8.78 Å². The maximum absolute atomic E-state index is 12.9. The molecule has 1 N–H and O–H groups in total. The van der Waals surface area contributed by atoms with Crippen molar-refractivity contribution in [3.05, 3.63) is 0 Å². The zero-order valence-electron chi connectivity index (χ0n) is 9.37. The number of hydrogen-bond acceptors (Lipinski definition) is 1. The molecule has 1 aliphatic rings. The molecule has 0 saturated heterocycles. The van der Waals surface area contributed by atoms with Crippen molar-refractivity contribution in [1.82, 2.24) is 5.32 Å². The van der Waals surface area contributed by atoms with E-state index in [4.69, 9.17) is 0 Å². The third-order valence-corrected chi connectivity index (χ3v) is 3.45. The van der Waals surface area contributed by atoms with E-state index in [0.29, 0.717) is 18.8 Å². The Kier molecular flexibility index (Phi) is 3.51. The lowest BCUT2D eigenvalue weighted by Gasteiger charge is -2.39. The fourth-order valence-electron chi connectivity index (χ4n) is 2.42. The van der Waals surface area contributed by atoms with Crippen molar-refractivity contribution in [2.45, 2.75) is 45.5 Å². The van der Waals surface area contributed by atoms with Gasteiger partial charge in [0.05, 0.1) is 0 Å². The van der Waals surface area contributed by atoms with E-state index in [2.05, 4.69) is 19.2 Å². The van der Waals surface area contributed by atoms with Crippen molar-refractivity contribution >= 4 is 0 Å². The first kappa shape index (κ1) is 11.9. The molecular formula is C11H21F2N. The molecule has 0 unspecified atom stereocenters. The molecule has 1 fully saturated rings. The minimum Gasteiger partial charge on any atom is -0.319 e. The summed E-state index contributed by atoms with van der Waals surface area (Å²) in [6.45, 7) is 5.23. The Morgan fingerprint density at radius 3 is 2.21 bits per heavy atom. The highest BCUT2D eigenvalue weighted by Crippen LogP contribution is 2.43. The standard InChI is InChI=1S/C11H21F2N/c1-10(2,8-14-3)9-4-6-11(12,13)7-5-9/h9,14H,4-8H2,1-3H3. The normalized spacial score (nSPS) is 23.8. The molecule has 14 heavy (non-hydrogen) atoms. The first-order valence-electron chi connectivity index (χ1n) is 5.40. The predicted octanol–water partition coefficient (Wildman–Crippen LogP) is 3.06. The van der Waals surface area contributed by atoms with Crippen LogP contribution in [0.3, 0.4) is 0 Å². The fourth-order valence-corrected chi connectivity index (χ4v) is 2.42. The maximum atomic E-state index is 12.9. The second kappa shape index (κ2) is 4.13. The molecule has 0 heterocycles. The Labute approximate surface area is 85.3 Å². The van der Waals surface area contributed by atoms with Gasteiger partial charge in [0.25, 0.3) is 0 Å². The lowest BCUT2D eigenvalue weighted by atomic mass is 9.70. The number of hydrogen-bond donors (Lipinski definition) is 1. The first-order chi connectivity index (χ1) is 6.37. The van der Waals surface area contributed by atoms with E-state index in [0.717, 1.165) is 6.54 Å². The summed E-state index contributed by atoms with van der Waals surface area (Å²) in [4.78, 5) is 0. The molecule has 1 rings (SSSR count). The smallest absolute Gasteiger partial charge is 0.248 e. The zero-order valence-corrected chi connectivity index (χ0v) is 9.37. The van der Waals surface area contributed by atoms with Crippen LogP contribution in [-0.4, -0.2) is 19.5 Å². The van der Waals surface area contributed by atoms with Crippen LogP contribution in [0.2, 0.25) is 0 Å². The van der Waals surface area contributed by atoms with Crippen LogP contribution in [-0.2, 0) is 0 Å². The largest absolute Gasteiger partial charge is 0.319 e. The van der Waals surface area contributed by atoms with Gasteiger partial charge in [0, 0.05) is 19.4 Å². The Morgan fingerprint density at radius 1 is 1.29 bits per heavy atom. The van der Waals surface area contributed by atoms with Crippen LogP contribution in [0, 0.1) is 11.3 Å². The predicted molar refractivity (Wildman–Crippen MR) is 54.6 cm³/mol. The molecule has 1 nitrogen and oxygen atoms in total. The van der Waals surface area contributed by atoms with Crippen LogP contribution in [0.1, 0.15) is 39.5 Å². The van der Waals surface area contributed by atoms with Crippen LogP contribution in [0.5, 0.6) is 0 Å². The summed E-state index contributed by atoms with van der Waals surface area (Å²) < 4.78 is 25.9. The molecule has 0 atom stereocenters. The lowest BCUT2D eigenvalue weighted by Crippen LogP contribution is -2.38. The minimum absolute atomic E-state index is 0.0742. The molecule has 0 amide bonds. The van der Waals surface area contributed by atoms with Gasteiger partial charge < -0.3 is 5.32 Å². The van der Waals surface area contributed by atoms with Crippen LogP contribution in [0.25, 0.3) is 0 Å². The van der Waals surface area contributed by atoms with Crippen LogP contribution >= 0.6 is 0 Å². The molecule has 1 aliphatic carbocycles. The van der Waals surface area contributed by atoms with Crippen molar-refractivity contribution in [3.63, 3.8) is 0 Å². The maximum Gasteiger partial charge on any atom is 0.248 e. The molecule has 0 bridgehead atoms. The molecule has 84 valence electrons. The third-order valence-electron chi connectivity index (χ3n) is 3.45. The monoisotopic (exact) mass is 205 g/mol. The van der Waals surface area contributed by atoms with E-state index < -0.39 is 5.92 Å². The second-order valence-corrected chi connectivity index (χ2v) is 5.15. The molecule has 0 aliphatic heterocycles. The van der Waals surface area contributed by atoms with Gasteiger partial charge in [-0.05, 0) is 31.2 Å². The van der Waals surface area contributed by atoms with Gasteiger partial charge in [-0.25, -0.2) is 8.78 Å². The zero-order chi connectivity index (χ0) is 10.8. The number of alkyl halides is 2. The molecule has 0 spiro atoms. The van der Waals surface area contributed by atoms with E-state index in [9.17, 15) is 8.78 Å². The van der Waals surface area contributed by atoms with E-state index in [1.807, 2.05) is 7.05 Å². The lowest BCUT2D eigenvalue weighted by molar-refractivity contribution is -0.0598. The summed E-state index contributed by atoms with van der Waals surface area (Å²) in [5.74, 6) is -1.96. The van der Waals surface area contributed by atoms with E-state index in [1.165, 1.54) is 0 Å². The van der Waals surface area contributed by atoms with Gasteiger partial charge in [-0.1, -0.05) is 13.8 Å². The number of nitrogens with one attached hydrogen (secondary N) is 1. The summed E-state index contributed by atoms with van der Waals surface area (Å²) in [5.41, 5.74) is 0.144. The van der Waals surface area contributed by atoms with Gasteiger partial charge in [-0.2, -0.15) is 0 Å². The van der Waals surface area contributed by atoms with Crippen LogP contribution < -0.4 is 5.32 Å². The Morgan fingerprint density at radius 2 is 1.79 bits per heavy atom. The van der Waals surface area contributed by atoms with Gasteiger partial charge in [0.2, 0.25) is 5.92 Å². The molecular weight excluding hydrogens is 184 g/mol. The summed E-state index contributed by atoms with van der Waals surface area (Å²) in [7, 11) is 1.92. The van der Waals surface area contributed by atoms with Crippen molar-refractivity contribution in [2.24, 2.45) is 11.3 Å². The Bertz CT molecular complexity index is 180. The number of rotatable bonds is 3. The van der Waals surface area contributed by atoms with Crippen molar-refractivity contribution in [2.75, 3.05) is 13.6 Å². The van der Waals surface area contributed by atoms with Gasteiger partial charge in [0.1, 0.15) is 0 Å². The summed E-state index contributed by atoms with van der Waals surface area (Å²) in [6.07, 6.45) is 1.49. The molecule has 1 saturated carbocycles. The van der Waals surface area contributed by atoms with Gasteiger partial charge in [0.15, 0.2) is 0 Å². The average molecular weight is 205 g/mol. The molecule has 0 aromatic rings. The topological polar surface area (TPSA) is 12.0 Å². The van der Waals surface area contributed by atoms with Crippen molar-refractivity contribution in [3.8, 4) is 0 Å². The first-order valence-corrected chi connectivity index (χ1v) is 5.40. The van der Waals surface area contributed by atoms with E-state index >= 15 is 0 Å². The van der Waals surface area contributed by atoms with E-state index in [1.54, 1.807) is 0 Å². The highest BCUT2D eigenvalue weighted by atomic mass is 19.3. The second-order valence-electron chi connectivity index (χ2n) is 5.15. The summed E-state index contributed by atoms with van der Waals surface area (Å²) in [5, 5.41) is 3.14. The number of halogens is 2. The molecule has 0 aromatic heterocycles. The molecule has 3 heteroatoms. The summed E-state index contributed by atoms with van der Waals surface area (Å²) >= 11 is 0. The van der Waals surface area contributed by atoms with Gasteiger partial charge in [-0.3, -0.25) is 0 Å². The van der Waals surface area contributed by atoms with E-state index in [-0.39, 0.29) is 18.3 Å². The third kappa shape index (κ3) is 2.91. The van der Waals surface area contributed by atoms with Gasteiger partial charge in [-0.15, -0.1) is 0 Å². The molecule has 0 aromatic carbocycles. The highest BCUT2D eigenvalue weighted by molar-refractivity contribution is 4.86. The van der Waals surface area contributed by atoms with Gasteiger partial charge >= 0.3 is 0 Å². The van der Waals surface area contributed by atoms with Crippen LogP contribution in [0.15, 0.2) is 0 Å². The fraction of sp³-hybridized carbons (Fsp3) is 1.00. The highest BCUT2D eigenvalue weighted by Gasteiger charge is 2.40. The quantitative estimate of drug-likeness (QED) is 0.746. The summed E-state index contributed by atoms with van der Waals surface area (Å²) in [6, 6.07) is 0. The van der Waals surface area contributed by atoms with Crippen LogP contribution in [0.4, 0.5) is 8.78 Å². The molecule has 0 radical (unpaired) electrons. The minimum atomic E-state index is -2.40.